The number of pyridine rings is 1. The summed E-state index contributed by atoms with van der Waals surface area (Å²) in [6.45, 7) is 3.01. The molecule has 3 rings (SSSR count). The van der Waals surface area contributed by atoms with Gasteiger partial charge >= 0.3 is 0 Å². The first-order chi connectivity index (χ1) is 18.0. The number of anilines is 1. The van der Waals surface area contributed by atoms with Crippen LogP contribution in [0.15, 0.2) is 72.0 Å². The standard InChI is InChI=1S/C30H37N5O2/c1-3-21-7-11-23(12-8-21)24-13-9-22(10-14-24)20-37-27(17-32)5-4-6-29(36)28-15-25(19-35-30(28)33)26(16-31)18-34-2/h7-16,18-19,27H,3-6,17,20,31-32H2,1-2H3,(H2,33,35). The van der Waals surface area contributed by atoms with Crippen molar-refractivity contribution in [3.8, 4) is 11.1 Å². The quantitative estimate of drug-likeness (QED) is 0.229. The highest BCUT2D eigenvalue weighted by atomic mass is 16.5. The number of aryl methyl sites for hydroxylation is 1. The summed E-state index contributed by atoms with van der Waals surface area (Å²) in [5.74, 6) is 0.130. The second kappa shape index (κ2) is 14.1. The smallest absolute Gasteiger partial charge is 0.166 e. The fourth-order valence-electron chi connectivity index (χ4n) is 4.04. The van der Waals surface area contributed by atoms with Crippen molar-refractivity contribution in [2.24, 2.45) is 16.5 Å². The molecular weight excluding hydrogens is 462 g/mol. The summed E-state index contributed by atoms with van der Waals surface area (Å²) in [6, 6.07) is 18.7. The van der Waals surface area contributed by atoms with Crippen LogP contribution in [0.4, 0.5) is 5.82 Å². The highest BCUT2D eigenvalue weighted by Crippen LogP contribution is 2.22. The molecule has 37 heavy (non-hydrogen) atoms. The summed E-state index contributed by atoms with van der Waals surface area (Å²) in [5.41, 5.74) is 24.1. The van der Waals surface area contributed by atoms with Crippen LogP contribution in [0, 0.1) is 0 Å². The first-order valence-electron chi connectivity index (χ1n) is 12.6. The molecule has 0 aliphatic rings. The number of nitrogens with two attached hydrogens (primary N) is 3. The fraction of sp³-hybridized carbons (Fsp3) is 0.300. The van der Waals surface area contributed by atoms with Crippen molar-refractivity contribution >= 4 is 23.4 Å². The van der Waals surface area contributed by atoms with Crippen molar-refractivity contribution in [1.82, 2.24) is 4.98 Å². The molecule has 0 amide bonds. The van der Waals surface area contributed by atoms with Crippen molar-refractivity contribution in [3.63, 3.8) is 0 Å². The zero-order valence-corrected chi connectivity index (χ0v) is 21.7. The predicted molar refractivity (Wildman–Crippen MR) is 152 cm³/mol. The number of nitrogen functional groups attached to an aromatic ring is 1. The zero-order valence-electron chi connectivity index (χ0n) is 21.7. The molecule has 0 fully saturated rings. The van der Waals surface area contributed by atoms with Gasteiger partial charge in [-0.1, -0.05) is 55.5 Å². The van der Waals surface area contributed by atoms with E-state index in [0.29, 0.717) is 49.1 Å². The van der Waals surface area contributed by atoms with E-state index in [9.17, 15) is 4.79 Å². The van der Waals surface area contributed by atoms with Crippen LogP contribution < -0.4 is 17.2 Å². The van der Waals surface area contributed by atoms with Crippen LogP contribution in [0.3, 0.4) is 0 Å². The van der Waals surface area contributed by atoms with Gasteiger partial charge in [-0.25, -0.2) is 4.98 Å². The van der Waals surface area contributed by atoms with Gasteiger partial charge in [-0.15, -0.1) is 0 Å². The summed E-state index contributed by atoms with van der Waals surface area (Å²) in [7, 11) is 1.65. The summed E-state index contributed by atoms with van der Waals surface area (Å²) < 4.78 is 6.05. The van der Waals surface area contributed by atoms with Crippen molar-refractivity contribution in [1.29, 1.82) is 0 Å². The van der Waals surface area contributed by atoms with E-state index in [1.807, 2.05) is 0 Å². The summed E-state index contributed by atoms with van der Waals surface area (Å²) in [6.07, 6.45) is 7.15. The predicted octanol–water partition coefficient (Wildman–Crippen LogP) is 4.79. The number of carbonyl (C=O) groups is 1. The third-order valence-electron chi connectivity index (χ3n) is 6.33. The Morgan fingerprint density at radius 3 is 2.30 bits per heavy atom. The summed E-state index contributed by atoms with van der Waals surface area (Å²) in [4.78, 5) is 21.0. The molecule has 0 aliphatic heterocycles. The minimum Gasteiger partial charge on any atom is -0.404 e. The lowest BCUT2D eigenvalue weighted by molar-refractivity contribution is 0.0392. The number of aromatic nitrogens is 1. The van der Waals surface area contributed by atoms with Crippen molar-refractivity contribution < 1.29 is 9.53 Å². The molecule has 0 spiro atoms. The van der Waals surface area contributed by atoms with E-state index >= 15 is 0 Å². The molecule has 1 unspecified atom stereocenters. The van der Waals surface area contributed by atoms with Crippen LogP contribution in [-0.2, 0) is 17.8 Å². The number of nitrogens with zero attached hydrogens (tertiary/aromatic N) is 2. The van der Waals surface area contributed by atoms with Crippen molar-refractivity contribution in [2.75, 3.05) is 19.3 Å². The number of hydrogen-bond donors (Lipinski definition) is 3. The molecule has 194 valence electrons. The van der Waals surface area contributed by atoms with Crippen LogP contribution in [0.1, 0.15) is 53.2 Å². The first kappa shape index (κ1) is 27.8. The van der Waals surface area contributed by atoms with Gasteiger partial charge in [0.15, 0.2) is 5.78 Å². The Bertz CT molecular complexity index is 1220. The van der Waals surface area contributed by atoms with Gasteiger partial charge in [0.05, 0.1) is 18.3 Å². The first-order valence-corrected chi connectivity index (χ1v) is 12.6. The molecule has 1 aromatic heterocycles. The van der Waals surface area contributed by atoms with Crippen LogP contribution in [0.25, 0.3) is 16.7 Å². The number of ether oxygens (including phenoxy) is 1. The molecular formula is C30H37N5O2. The van der Waals surface area contributed by atoms with Gasteiger partial charge in [0, 0.05) is 49.8 Å². The van der Waals surface area contributed by atoms with E-state index in [1.54, 1.807) is 25.5 Å². The van der Waals surface area contributed by atoms with Gasteiger partial charge in [0.1, 0.15) is 5.82 Å². The summed E-state index contributed by atoms with van der Waals surface area (Å²) in [5, 5.41) is 0. The third-order valence-corrected chi connectivity index (χ3v) is 6.33. The molecule has 6 N–H and O–H groups in total. The van der Waals surface area contributed by atoms with E-state index in [4.69, 9.17) is 21.9 Å². The topological polar surface area (TPSA) is 130 Å². The molecule has 0 aliphatic carbocycles. The Balaban J connectivity index is 1.51. The molecule has 7 heteroatoms. The highest BCUT2D eigenvalue weighted by molar-refractivity contribution is 6.10. The zero-order chi connectivity index (χ0) is 26.6. The maximum atomic E-state index is 12.8. The highest BCUT2D eigenvalue weighted by Gasteiger charge is 2.15. The van der Waals surface area contributed by atoms with E-state index in [2.05, 4.69) is 65.4 Å². The monoisotopic (exact) mass is 499 g/mol. The average Bonchev–Trinajstić information content (AvgIpc) is 2.94. The number of rotatable bonds is 13. The number of allylic oxidation sites excluding steroid dienone is 1. The molecule has 1 atom stereocenters. The van der Waals surface area contributed by atoms with E-state index in [-0.39, 0.29) is 17.7 Å². The third kappa shape index (κ3) is 7.84. The normalized spacial score (nSPS) is 12.7. The van der Waals surface area contributed by atoms with Gasteiger partial charge < -0.3 is 21.9 Å². The molecule has 1 heterocycles. The molecule has 0 saturated heterocycles. The van der Waals surface area contributed by atoms with Gasteiger partial charge in [0.25, 0.3) is 0 Å². The Kier molecular flexibility index (Phi) is 10.6. The lowest BCUT2D eigenvalue weighted by Gasteiger charge is -2.16. The molecule has 7 nitrogen and oxygen atoms in total. The largest absolute Gasteiger partial charge is 0.404 e. The van der Waals surface area contributed by atoms with E-state index in [0.717, 1.165) is 12.0 Å². The minimum atomic E-state index is -0.136. The number of ketones is 1. The van der Waals surface area contributed by atoms with Crippen LogP contribution in [0.5, 0.6) is 0 Å². The van der Waals surface area contributed by atoms with Crippen LogP contribution in [-0.4, -0.2) is 36.7 Å². The lowest BCUT2D eigenvalue weighted by atomic mass is 10.0. The molecule has 0 bridgehead atoms. The molecule has 0 saturated carbocycles. The Hall–Kier alpha value is -3.81. The Morgan fingerprint density at radius 1 is 1.08 bits per heavy atom. The van der Waals surface area contributed by atoms with E-state index in [1.165, 1.54) is 22.9 Å². The van der Waals surface area contributed by atoms with Crippen molar-refractivity contribution in [2.45, 2.75) is 45.3 Å². The number of hydrogen-bond acceptors (Lipinski definition) is 7. The maximum absolute atomic E-state index is 12.8. The minimum absolute atomic E-state index is 0.0741. The maximum Gasteiger partial charge on any atom is 0.166 e. The Morgan fingerprint density at radius 2 is 1.73 bits per heavy atom. The second-order valence-corrected chi connectivity index (χ2v) is 8.90. The van der Waals surface area contributed by atoms with Gasteiger partial charge in [-0.05, 0) is 47.6 Å². The van der Waals surface area contributed by atoms with Gasteiger partial charge in [-0.3, -0.25) is 9.79 Å². The van der Waals surface area contributed by atoms with Crippen LogP contribution >= 0.6 is 0 Å². The number of aliphatic imine (C=N–C) groups is 1. The number of benzene rings is 2. The van der Waals surface area contributed by atoms with Crippen molar-refractivity contribution in [3.05, 3.63) is 89.2 Å². The van der Waals surface area contributed by atoms with E-state index < -0.39 is 0 Å². The Labute approximate surface area is 219 Å². The van der Waals surface area contributed by atoms with Gasteiger partial charge in [-0.2, -0.15) is 0 Å². The SMILES string of the molecule is CCc1ccc(-c2ccc(COC(CN)CCCC(=O)c3cc(C(C=NC)=CN)cnc3N)cc2)cc1. The average molecular weight is 500 g/mol. The second-order valence-electron chi connectivity index (χ2n) is 8.90. The van der Waals surface area contributed by atoms with Crippen LogP contribution in [0.2, 0.25) is 0 Å². The fourth-order valence-corrected chi connectivity index (χ4v) is 4.04. The van der Waals surface area contributed by atoms with Gasteiger partial charge in [0.2, 0.25) is 0 Å². The summed E-state index contributed by atoms with van der Waals surface area (Å²) >= 11 is 0. The molecule has 0 radical (unpaired) electrons. The number of Topliss-reactive ketones (excluding diaryl/α,β-unsaturated/α-hetero) is 1. The number of carbonyl (C=O) groups excluding carboxylic acids is 1. The molecule has 2 aromatic carbocycles. The lowest BCUT2D eigenvalue weighted by Crippen LogP contribution is -2.24. The molecule has 3 aromatic rings.